The number of fused-ring (bicyclic) bond motifs is 2. The van der Waals surface area contributed by atoms with Gasteiger partial charge in [0.05, 0.1) is 0 Å². The third-order valence-electron chi connectivity index (χ3n) is 3.30. The van der Waals surface area contributed by atoms with Crippen molar-refractivity contribution in [2.24, 2.45) is 0 Å². The third kappa shape index (κ3) is 1.32. The molecule has 1 nitrogen and oxygen atoms in total. The monoisotopic (exact) mass is 209 g/mol. The van der Waals surface area contributed by atoms with Crippen LogP contribution < -0.4 is 5.32 Å². The molecule has 0 aliphatic heterocycles. The average molecular weight is 209 g/mol. The van der Waals surface area contributed by atoms with Gasteiger partial charge in [-0.25, -0.2) is 0 Å². The minimum Gasteiger partial charge on any atom is -0.387 e. The van der Waals surface area contributed by atoms with Gasteiger partial charge < -0.3 is 5.32 Å². The predicted molar refractivity (Wildman–Crippen MR) is 70.8 cm³/mol. The zero-order valence-electron chi connectivity index (χ0n) is 9.46. The van der Waals surface area contributed by atoms with Crippen LogP contribution in [0.4, 0.5) is 5.69 Å². The molecule has 16 heavy (non-hydrogen) atoms. The number of rotatable bonds is 1. The Morgan fingerprint density at radius 2 is 2.06 bits per heavy atom. The highest BCUT2D eigenvalue weighted by Crippen LogP contribution is 2.34. The Labute approximate surface area is 95.8 Å². The Morgan fingerprint density at radius 1 is 1.19 bits per heavy atom. The van der Waals surface area contributed by atoms with Crippen LogP contribution in [-0.2, 0) is 6.42 Å². The second-order valence-electron chi connectivity index (χ2n) is 4.23. The van der Waals surface area contributed by atoms with Crippen LogP contribution in [0.25, 0.3) is 16.8 Å². The lowest BCUT2D eigenvalue weighted by molar-refractivity contribution is 0.989. The molecule has 0 saturated carbocycles. The lowest BCUT2D eigenvalue weighted by Gasteiger charge is -2.18. The van der Waals surface area contributed by atoms with Gasteiger partial charge in [-0.3, -0.25) is 0 Å². The highest BCUT2D eigenvalue weighted by Gasteiger charge is 2.12. The van der Waals surface area contributed by atoms with E-state index in [1.807, 2.05) is 7.05 Å². The lowest BCUT2D eigenvalue weighted by atomic mass is 9.91. The van der Waals surface area contributed by atoms with E-state index in [0.717, 1.165) is 12.8 Å². The van der Waals surface area contributed by atoms with E-state index < -0.39 is 0 Å². The van der Waals surface area contributed by atoms with Gasteiger partial charge in [-0.1, -0.05) is 36.4 Å². The van der Waals surface area contributed by atoms with Crippen LogP contribution in [0.5, 0.6) is 0 Å². The minimum absolute atomic E-state index is 1.15. The summed E-state index contributed by atoms with van der Waals surface area (Å²) in [5, 5.41) is 6.01. The van der Waals surface area contributed by atoms with Crippen LogP contribution in [0.3, 0.4) is 0 Å². The summed E-state index contributed by atoms with van der Waals surface area (Å²) in [5.41, 5.74) is 4.13. The predicted octanol–water partition coefficient (Wildman–Crippen LogP) is 3.84. The van der Waals surface area contributed by atoms with E-state index in [1.54, 1.807) is 0 Å². The average Bonchev–Trinajstić information content (AvgIpc) is 2.36. The van der Waals surface area contributed by atoms with E-state index in [1.165, 1.54) is 27.6 Å². The van der Waals surface area contributed by atoms with Crippen molar-refractivity contribution in [2.75, 3.05) is 12.4 Å². The van der Waals surface area contributed by atoms with Gasteiger partial charge in [0.25, 0.3) is 0 Å². The van der Waals surface area contributed by atoms with Crippen LogP contribution in [0, 0.1) is 0 Å². The second kappa shape index (κ2) is 3.67. The first-order valence-corrected chi connectivity index (χ1v) is 5.79. The Hall–Kier alpha value is -1.76. The smallest absolute Gasteiger partial charge is 0.0455 e. The molecule has 2 aromatic carbocycles. The van der Waals surface area contributed by atoms with Crippen molar-refractivity contribution in [1.29, 1.82) is 0 Å². The molecule has 0 heterocycles. The maximum atomic E-state index is 3.36. The van der Waals surface area contributed by atoms with Crippen LogP contribution in [0.2, 0.25) is 0 Å². The quantitative estimate of drug-likeness (QED) is 0.752. The van der Waals surface area contributed by atoms with Crippen LogP contribution in [-0.4, -0.2) is 7.05 Å². The summed E-state index contributed by atoms with van der Waals surface area (Å²) in [6.07, 6.45) is 6.80. The van der Waals surface area contributed by atoms with Crippen molar-refractivity contribution < 1.29 is 0 Å². The summed E-state index contributed by atoms with van der Waals surface area (Å²) >= 11 is 0. The molecule has 1 aliphatic carbocycles. The number of anilines is 1. The molecule has 1 N–H and O–H groups in total. The molecule has 2 aromatic rings. The molecule has 0 aromatic heterocycles. The van der Waals surface area contributed by atoms with Gasteiger partial charge in [-0.05, 0) is 35.4 Å². The van der Waals surface area contributed by atoms with E-state index in [4.69, 9.17) is 0 Å². The van der Waals surface area contributed by atoms with Crippen molar-refractivity contribution in [3.05, 3.63) is 47.5 Å². The maximum Gasteiger partial charge on any atom is 0.0455 e. The van der Waals surface area contributed by atoms with Gasteiger partial charge in [0.1, 0.15) is 0 Å². The van der Waals surface area contributed by atoms with Gasteiger partial charge in [-0.15, -0.1) is 0 Å². The van der Waals surface area contributed by atoms with Gasteiger partial charge in [-0.2, -0.15) is 0 Å². The van der Waals surface area contributed by atoms with Crippen molar-refractivity contribution in [3.8, 4) is 0 Å². The van der Waals surface area contributed by atoms with E-state index in [9.17, 15) is 0 Å². The summed E-state index contributed by atoms with van der Waals surface area (Å²) in [4.78, 5) is 0. The lowest BCUT2D eigenvalue weighted by Crippen LogP contribution is -2.01. The fourth-order valence-corrected chi connectivity index (χ4v) is 2.55. The molecule has 0 unspecified atom stereocenters. The molecule has 0 radical (unpaired) electrons. The number of benzene rings is 2. The SMILES string of the molecule is CNc1c2c(cc3ccccc13)C=CCC2. The summed E-state index contributed by atoms with van der Waals surface area (Å²) in [6.45, 7) is 0. The van der Waals surface area contributed by atoms with Crippen molar-refractivity contribution >= 4 is 22.5 Å². The first-order chi connectivity index (χ1) is 7.90. The summed E-state index contributed by atoms with van der Waals surface area (Å²) in [5.74, 6) is 0. The molecule has 0 saturated heterocycles. The molecule has 0 fully saturated rings. The molecular weight excluding hydrogens is 194 g/mol. The molecule has 80 valence electrons. The second-order valence-corrected chi connectivity index (χ2v) is 4.23. The molecule has 0 bridgehead atoms. The number of hydrogen-bond acceptors (Lipinski definition) is 1. The summed E-state index contributed by atoms with van der Waals surface area (Å²) in [7, 11) is 2.01. The Kier molecular flexibility index (Phi) is 2.17. The first-order valence-electron chi connectivity index (χ1n) is 5.79. The number of nitrogens with one attached hydrogen (secondary N) is 1. The van der Waals surface area contributed by atoms with Crippen molar-refractivity contribution in [3.63, 3.8) is 0 Å². The van der Waals surface area contributed by atoms with Crippen molar-refractivity contribution in [1.82, 2.24) is 0 Å². The van der Waals surface area contributed by atoms with Crippen LogP contribution in [0.1, 0.15) is 17.5 Å². The van der Waals surface area contributed by atoms with E-state index in [2.05, 4.69) is 47.8 Å². The van der Waals surface area contributed by atoms with Crippen LogP contribution in [0.15, 0.2) is 36.4 Å². The van der Waals surface area contributed by atoms with E-state index in [0.29, 0.717) is 0 Å². The highest BCUT2D eigenvalue weighted by molar-refractivity contribution is 5.98. The minimum atomic E-state index is 1.15. The topological polar surface area (TPSA) is 12.0 Å². The number of allylic oxidation sites excluding steroid dienone is 1. The van der Waals surface area contributed by atoms with Gasteiger partial charge in [0.15, 0.2) is 0 Å². The summed E-state index contributed by atoms with van der Waals surface area (Å²) in [6, 6.07) is 10.9. The molecular formula is C15H15N. The third-order valence-corrected chi connectivity index (χ3v) is 3.30. The Morgan fingerprint density at radius 3 is 2.94 bits per heavy atom. The van der Waals surface area contributed by atoms with E-state index >= 15 is 0 Å². The Bertz CT molecular complexity index is 567. The first kappa shape index (κ1) is 9.46. The Balaban J connectivity index is 2.40. The normalized spacial score (nSPS) is 13.8. The fraction of sp³-hybridized carbons (Fsp3) is 0.200. The zero-order chi connectivity index (χ0) is 11.0. The van der Waals surface area contributed by atoms with Gasteiger partial charge in [0.2, 0.25) is 0 Å². The largest absolute Gasteiger partial charge is 0.387 e. The van der Waals surface area contributed by atoms with Gasteiger partial charge in [0, 0.05) is 18.1 Å². The molecule has 0 atom stereocenters. The number of hydrogen-bond donors (Lipinski definition) is 1. The molecule has 0 amide bonds. The molecule has 3 rings (SSSR count). The summed E-state index contributed by atoms with van der Waals surface area (Å²) < 4.78 is 0. The molecule has 0 spiro atoms. The standard InChI is InChI=1S/C15H15N/c1-16-15-13-8-4-2-6-11(13)10-12-7-3-5-9-14(12)15/h2-4,6-8,10,16H,5,9H2,1H3. The van der Waals surface area contributed by atoms with E-state index in [-0.39, 0.29) is 0 Å². The van der Waals surface area contributed by atoms with Gasteiger partial charge >= 0.3 is 0 Å². The van der Waals surface area contributed by atoms with Crippen molar-refractivity contribution in [2.45, 2.75) is 12.8 Å². The highest BCUT2D eigenvalue weighted by atomic mass is 14.8. The molecule has 1 aliphatic rings. The molecule has 1 heteroatoms. The van der Waals surface area contributed by atoms with Crippen LogP contribution >= 0.6 is 0 Å². The fourth-order valence-electron chi connectivity index (χ4n) is 2.55. The zero-order valence-corrected chi connectivity index (χ0v) is 9.46. The maximum absolute atomic E-state index is 3.36.